The van der Waals surface area contributed by atoms with E-state index in [2.05, 4.69) is 0 Å². The largest absolute Gasteiger partial charge is 0.502 e. The van der Waals surface area contributed by atoms with Crippen LogP contribution in [0.4, 0.5) is 5.69 Å². The Kier molecular flexibility index (Phi) is 4.28. The summed E-state index contributed by atoms with van der Waals surface area (Å²) in [6, 6.07) is 0. The standard InChI is InChI=1S/C12H13NO7/c1-3-5-7(11(15)16)8(12(17)18)6(4-2)10(14)9(5)13(19)20/h14H,3-4H2,1-2H3,(H,15,16)(H,17,18). The Balaban J connectivity index is 4.05. The van der Waals surface area contributed by atoms with Gasteiger partial charge < -0.3 is 15.3 Å². The number of carboxylic acids is 2. The first kappa shape index (κ1) is 15.4. The maximum atomic E-state index is 11.3. The first-order chi connectivity index (χ1) is 9.27. The normalized spacial score (nSPS) is 10.3. The number of hydrogen-bond donors (Lipinski definition) is 3. The van der Waals surface area contributed by atoms with E-state index >= 15 is 0 Å². The van der Waals surface area contributed by atoms with Gasteiger partial charge in [0.05, 0.1) is 16.1 Å². The van der Waals surface area contributed by atoms with E-state index in [4.69, 9.17) is 5.11 Å². The van der Waals surface area contributed by atoms with E-state index in [-0.39, 0.29) is 24.0 Å². The molecule has 0 aromatic heterocycles. The molecule has 0 aliphatic rings. The van der Waals surface area contributed by atoms with Gasteiger partial charge in [0, 0.05) is 11.1 Å². The molecule has 8 heteroatoms. The molecule has 0 radical (unpaired) electrons. The molecule has 0 amide bonds. The van der Waals surface area contributed by atoms with Crippen molar-refractivity contribution >= 4 is 17.6 Å². The summed E-state index contributed by atoms with van der Waals surface area (Å²) in [5.74, 6) is -3.90. The minimum atomic E-state index is -1.57. The smallest absolute Gasteiger partial charge is 0.337 e. The molecule has 108 valence electrons. The number of aromatic hydroxyl groups is 1. The Morgan fingerprint density at radius 1 is 1.05 bits per heavy atom. The number of nitro groups is 1. The molecule has 8 nitrogen and oxygen atoms in total. The molecule has 0 aliphatic heterocycles. The monoisotopic (exact) mass is 283 g/mol. The Bertz CT molecular complexity index is 607. The number of nitrogens with zero attached hydrogens (tertiary/aromatic N) is 1. The average molecular weight is 283 g/mol. The number of benzene rings is 1. The van der Waals surface area contributed by atoms with E-state index in [1.54, 1.807) is 0 Å². The van der Waals surface area contributed by atoms with Crippen LogP contribution in [0, 0.1) is 10.1 Å². The molecule has 20 heavy (non-hydrogen) atoms. The molecule has 3 N–H and O–H groups in total. The fraction of sp³-hybridized carbons (Fsp3) is 0.333. The van der Waals surface area contributed by atoms with Gasteiger partial charge in [0.2, 0.25) is 0 Å². The lowest BCUT2D eigenvalue weighted by atomic mass is 9.90. The molecule has 0 unspecified atom stereocenters. The van der Waals surface area contributed by atoms with Crippen molar-refractivity contribution < 1.29 is 29.8 Å². The summed E-state index contributed by atoms with van der Waals surface area (Å²) in [5.41, 5.74) is -2.53. The van der Waals surface area contributed by atoms with Crippen molar-refractivity contribution in [1.82, 2.24) is 0 Å². The van der Waals surface area contributed by atoms with Crippen LogP contribution >= 0.6 is 0 Å². The van der Waals surface area contributed by atoms with Crippen molar-refractivity contribution in [2.75, 3.05) is 0 Å². The minimum absolute atomic E-state index is 0.0431. The predicted molar refractivity (Wildman–Crippen MR) is 67.4 cm³/mol. The second-order valence-electron chi connectivity index (χ2n) is 3.98. The van der Waals surface area contributed by atoms with Crippen LogP contribution in [0.3, 0.4) is 0 Å². The lowest BCUT2D eigenvalue weighted by Crippen LogP contribution is -2.16. The van der Waals surface area contributed by atoms with Crippen LogP contribution in [-0.2, 0) is 12.8 Å². The predicted octanol–water partition coefficient (Wildman–Crippen LogP) is 1.82. The maximum Gasteiger partial charge on any atom is 0.337 e. The highest BCUT2D eigenvalue weighted by Gasteiger charge is 2.34. The Morgan fingerprint density at radius 2 is 1.45 bits per heavy atom. The van der Waals surface area contributed by atoms with E-state index in [1.807, 2.05) is 0 Å². The van der Waals surface area contributed by atoms with Gasteiger partial charge in [-0.2, -0.15) is 0 Å². The van der Waals surface area contributed by atoms with Gasteiger partial charge in [-0.25, -0.2) is 9.59 Å². The van der Waals surface area contributed by atoms with Crippen molar-refractivity contribution in [3.8, 4) is 5.75 Å². The molecular formula is C12H13NO7. The summed E-state index contributed by atoms with van der Waals surface area (Å²) < 4.78 is 0. The van der Waals surface area contributed by atoms with E-state index in [9.17, 15) is 29.9 Å². The number of phenolic OH excluding ortho intramolecular Hbond substituents is 1. The number of carboxylic acid groups (broad SMARTS) is 2. The van der Waals surface area contributed by atoms with Crippen LogP contribution in [0.15, 0.2) is 0 Å². The summed E-state index contributed by atoms with van der Waals surface area (Å²) >= 11 is 0. The number of carbonyl (C=O) groups is 2. The quantitative estimate of drug-likeness (QED) is 0.553. The Hall–Kier alpha value is -2.64. The van der Waals surface area contributed by atoms with Gasteiger partial charge in [0.25, 0.3) is 0 Å². The number of phenols is 1. The second-order valence-corrected chi connectivity index (χ2v) is 3.98. The molecule has 0 aliphatic carbocycles. The molecule has 0 atom stereocenters. The third-order valence-corrected chi connectivity index (χ3v) is 2.97. The van der Waals surface area contributed by atoms with Gasteiger partial charge in [-0.15, -0.1) is 0 Å². The van der Waals surface area contributed by atoms with Crippen molar-refractivity contribution in [1.29, 1.82) is 0 Å². The summed E-state index contributed by atoms with van der Waals surface area (Å²) in [7, 11) is 0. The number of nitro benzene ring substituents is 1. The number of hydrogen-bond acceptors (Lipinski definition) is 5. The first-order valence-corrected chi connectivity index (χ1v) is 5.79. The van der Waals surface area contributed by atoms with Crippen LogP contribution in [0.2, 0.25) is 0 Å². The van der Waals surface area contributed by atoms with Gasteiger partial charge in [-0.3, -0.25) is 10.1 Å². The fourth-order valence-corrected chi connectivity index (χ4v) is 2.18. The molecule has 0 heterocycles. The van der Waals surface area contributed by atoms with Gasteiger partial charge in [0.1, 0.15) is 0 Å². The van der Waals surface area contributed by atoms with Crippen LogP contribution in [0.25, 0.3) is 0 Å². The van der Waals surface area contributed by atoms with Crippen molar-refractivity contribution in [2.24, 2.45) is 0 Å². The maximum absolute atomic E-state index is 11.3. The SMILES string of the molecule is CCc1c(O)c([N+](=O)[O-])c(CC)c(C(=O)O)c1C(=O)O. The average Bonchev–Trinajstić information content (AvgIpc) is 2.35. The lowest BCUT2D eigenvalue weighted by molar-refractivity contribution is -0.386. The fourth-order valence-electron chi connectivity index (χ4n) is 2.18. The van der Waals surface area contributed by atoms with Crippen molar-refractivity contribution in [3.05, 3.63) is 32.4 Å². The minimum Gasteiger partial charge on any atom is -0.502 e. The molecule has 1 rings (SSSR count). The van der Waals surface area contributed by atoms with Gasteiger partial charge >= 0.3 is 17.6 Å². The highest BCUT2D eigenvalue weighted by Crippen LogP contribution is 2.39. The van der Waals surface area contributed by atoms with Gasteiger partial charge in [-0.05, 0) is 12.8 Å². The zero-order valence-electron chi connectivity index (χ0n) is 10.8. The molecule has 0 saturated carbocycles. The highest BCUT2D eigenvalue weighted by atomic mass is 16.6. The second kappa shape index (κ2) is 5.55. The van der Waals surface area contributed by atoms with E-state index in [0.29, 0.717) is 0 Å². The molecule has 0 bridgehead atoms. The van der Waals surface area contributed by atoms with Crippen LogP contribution in [-0.4, -0.2) is 32.2 Å². The molecule has 0 spiro atoms. The number of rotatable bonds is 5. The van der Waals surface area contributed by atoms with E-state index in [0.717, 1.165) is 0 Å². The summed E-state index contributed by atoms with van der Waals surface area (Å²) in [6.45, 7) is 2.92. The Labute approximate surface area is 113 Å². The topological polar surface area (TPSA) is 138 Å². The number of aromatic carboxylic acids is 2. The molecular weight excluding hydrogens is 270 g/mol. The van der Waals surface area contributed by atoms with Gasteiger partial charge in [-0.1, -0.05) is 13.8 Å². The zero-order chi connectivity index (χ0) is 15.6. The van der Waals surface area contributed by atoms with Gasteiger partial charge in [0.15, 0.2) is 5.75 Å². The third-order valence-electron chi connectivity index (χ3n) is 2.97. The van der Waals surface area contributed by atoms with E-state index in [1.165, 1.54) is 13.8 Å². The molecule has 0 fully saturated rings. The Morgan fingerprint density at radius 3 is 1.75 bits per heavy atom. The van der Waals surface area contributed by atoms with E-state index < -0.39 is 39.4 Å². The van der Waals surface area contributed by atoms with Crippen LogP contribution in [0.5, 0.6) is 5.75 Å². The summed E-state index contributed by atoms with van der Waals surface area (Å²) in [6.07, 6.45) is -0.131. The first-order valence-electron chi connectivity index (χ1n) is 5.79. The lowest BCUT2D eigenvalue weighted by Gasteiger charge is -2.14. The molecule has 0 saturated heterocycles. The molecule has 1 aromatic carbocycles. The highest BCUT2D eigenvalue weighted by molar-refractivity contribution is 6.05. The summed E-state index contributed by atoms with van der Waals surface area (Å²) in [4.78, 5) is 32.7. The van der Waals surface area contributed by atoms with Crippen LogP contribution in [0.1, 0.15) is 45.7 Å². The summed E-state index contributed by atoms with van der Waals surface area (Å²) in [5, 5.41) is 39.3. The van der Waals surface area contributed by atoms with Crippen molar-refractivity contribution in [3.63, 3.8) is 0 Å². The molecule has 1 aromatic rings. The van der Waals surface area contributed by atoms with Crippen molar-refractivity contribution in [2.45, 2.75) is 26.7 Å². The zero-order valence-corrected chi connectivity index (χ0v) is 10.8. The third kappa shape index (κ3) is 2.27. The van der Waals surface area contributed by atoms with Crippen LogP contribution < -0.4 is 0 Å².